The van der Waals surface area contributed by atoms with Crippen molar-refractivity contribution in [2.75, 3.05) is 0 Å². The summed E-state index contributed by atoms with van der Waals surface area (Å²) in [6.45, 7) is 0. The van der Waals surface area contributed by atoms with Gasteiger partial charge in [0.1, 0.15) is 10.5 Å². The molecular weight excluding hydrogens is 294 g/mol. The summed E-state index contributed by atoms with van der Waals surface area (Å²) in [5.41, 5.74) is 1.63. The molecule has 0 N–H and O–H groups in total. The third kappa shape index (κ3) is 1.75. The van der Waals surface area contributed by atoms with Gasteiger partial charge in [0.25, 0.3) is 0 Å². The molecule has 4 aromatic heterocycles. The fourth-order valence-corrected chi connectivity index (χ4v) is 3.00. The van der Waals surface area contributed by atoms with E-state index in [0.717, 1.165) is 16.2 Å². The van der Waals surface area contributed by atoms with Gasteiger partial charge in [0.15, 0.2) is 22.5 Å². The van der Waals surface area contributed by atoms with E-state index in [0.29, 0.717) is 16.8 Å². The molecule has 0 saturated heterocycles. The third-order valence-corrected chi connectivity index (χ3v) is 3.99. The van der Waals surface area contributed by atoms with Crippen molar-refractivity contribution in [3.8, 4) is 16.6 Å². The molecule has 0 aromatic carbocycles. The average molecular weight is 302 g/mol. The summed E-state index contributed by atoms with van der Waals surface area (Å²) in [6.07, 6.45) is 1.76. The molecule has 0 unspecified atom stereocenters. The van der Waals surface area contributed by atoms with Crippen LogP contribution in [0.25, 0.3) is 27.7 Å². The van der Waals surface area contributed by atoms with Crippen LogP contribution >= 0.6 is 22.9 Å². The van der Waals surface area contributed by atoms with Crippen LogP contribution in [0.1, 0.15) is 0 Å². The van der Waals surface area contributed by atoms with Crippen LogP contribution in [0.3, 0.4) is 0 Å². The number of thiophene rings is 1. The lowest BCUT2D eigenvalue weighted by atomic mass is 10.4. The van der Waals surface area contributed by atoms with Crippen molar-refractivity contribution in [1.29, 1.82) is 0 Å². The van der Waals surface area contributed by atoms with Gasteiger partial charge in [0.2, 0.25) is 0 Å². The molecule has 0 saturated carbocycles. The molecule has 0 spiro atoms. The lowest BCUT2D eigenvalue weighted by molar-refractivity contribution is 0.578. The number of imidazole rings is 1. The van der Waals surface area contributed by atoms with Gasteiger partial charge in [-0.25, -0.2) is 9.97 Å². The van der Waals surface area contributed by atoms with Gasteiger partial charge in [-0.3, -0.25) is 4.57 Å². The van der Waals surface area contributed by atoms with Gasteiger partial charge >= 0.3 is 0 Å². The number of fused-ring (bicyclic) bond motifs is 1. The van der Waals surface area contributed by atoms with E-state index in [1.165, 1.54) is 0 Å². The molecule has 0 fully saturated rings. The number of nitrogens with zero attached hydrogens (tertiary/aromatic N) is 3. The van der Waals surface area contributed by atoms with Gasteiger partial charge in [0.05, 0.1) is 0 Å². The van der Waals surface area contributed by atoms with Crippen molar-refractivity contribution in [3.05, 3.63) is 53.2 Å². The molecular formula is C14H8ClN3OS. The average Bonchev–Trinajstić information content (AvgIpc) is 3.15. The number of hydrogen-bond donors (Lipinski definition) is 0. The maximum atomic E-state index is 5.87. The highest BCUT2D eigenvalue weighted by Crippen LogP contribution is 2.31. The highest BCUT2D eigenvalue weighted by atomic mass is 35.5. The molecule has 0 bridgehead atoms. The van der Waals surface area contributed by atoms with Crippen molar-refractivity contribution >= 4 is 34.1 Å². The highest BCUT2D eigenvalue weighted by molar-refractivity contribution is 7.12. The number of pyridine rings is 1. The van der Waals surface area contributed by atoms with Crippen LogP contribution in [0.5, 0.6) is 0 Å². The number of rotatable bonds is 2. The lowest BCUT2D eigenvalue weighted by Crippen LogP contribution is -1.95. The van der Waals surface area contributed by atoms with Crippen molar-refractivity contribution in [1.82, 2.24) is 14.5 Å². The monoisotopic (exact) mass is 301 g/mol. The van der Waals surface area contributed by atoms with Gasteiger partial charge in [-0.15, -0.1) is 11.3 Å². The maximum Gasteiger partial charge on any atom is 0.194 e. The van der Waals surface area contributed by atoms with Gasteiger partial charge in [-0.1, -0.05) is 0 Å². The standard InChI is InChI=1S/C14H8ClN3OS/c15-11-6-5-10(19-11)14-17-9-3-1-7-16-13(9)18(14)12-4-2-8-20-12/h1-8H. The number of furan rings is 1. The molecule has 0 aliphatic carbocycles. The first kappa shape index (κ1) is 11.7. The van der Waals surface area contributed by atoms with E-state index in [-0.39, 0.29) is 0 Å². The minimum absolute atomic E-state index is 0.345. The number of halogens is 1. The zero-order valence-electron chi connectivity index (χ0n) is 10.2. The second-order valence-corrected chi connectivity index (χ2v) is 5.47. The molecule has 98 valence electrons. The van der Waals surface area contributed by atoms with Crippen molar-refractivity contribution in [2.24, 2.45) is 0 Å². The molecule has 4 rings (SSSR count). The quantitative estimate of drug-likeness (QED) is 0.551. The van der Waals surface area contributed by atoms with E-state index >= 15 is 0 Å². The van der Waals surface area contributed by atoms with E-state index in [1.54, 1.807) is 23.6 Å². The Kier molecular flexibility index (Phi) is 2.61. The summed E-state index contributed by atoms with van der Waals surface area (Å²) < 4.78 is 7.48. The fraction of sp³-hybridized carbons (Fsp3) is 0. The highest BCUT2D eigenvalue weighted by Gasteiger charge is 2.18. The third-order valence-electron chi connectivity index (χ3n) is 2.94. The summed E-state index contributed by atoms with van der Waals surface area (Å²) in [5, 5.41) is 3.40. The smallest absolute Gasteiger partial charge is 0.194 e. The normalized spacial score (nSPS) is 11.2. The summed E-state index contributed by atoms with van der Waals surface area (Å²) in [7, 11) is 0. The van der Waals surface area contributed by atoms with Crippen LogP contribution in [0.2, 0.25) is 5.22 Å². The van der Waals surface area contributed by atoms with Crippen LogP contribution in [-0.2, 0) is 0 Å². The summed E-state index contributed by atoms with van der Waals surface area (Å²) >= 11 is 7.49. The largest absolute Gasteiger partial charge is 0.441 e. The summed E-state index contributed by atoms with van der Waals surface area (Å²) in [5.74, 6) is 1.33. The SMILES string of the molecule is Clc1ccc(-c2nc3cccnc3n2-c2cccs2)o1. The zero-order chi connectivity index (χ0) is 13.5. The zero-order valence-corrected chi connectivity index (χ0v) is 11.7. The van der Waals surface area contributed by atoms with E-state index < -0.39 is 0 Å². The lowest BCUT2D eigenvalue weighted by Gasteiger charge is -2.03. The number of aromatic nitrogens is 3. The second kappa shape index (κ2) is 4.47. The Bertz CT molecular complexity index is 879. The van der Waals surface area contributed by atoms with Crippen LogP contribution in [0.15, 0.2) is 52.4 Å². The van der Waals surface area contributed by atoms with Gasteiger partial charge in [-0.05, 0) is 53.4 Å². The fourth-order valence-electron chi connectivity index (χ4n) is 2.12. The minimum atomic E-state index is 0.345. The van der Waals surface area contributed by atoms with E-state index in [9.17, 15) is 0 Å². The second-order valence-electron chi connectivity index (χ2n) is 4.17. The van der Waals surface area contributed by atoms with Crippen molar-refractivity contribution in [2.45, 2.75) is 0 Å². The predicted molar refractivity (Wildman–Crippen MR) is 79.5 cm³/mol. The van der Waals surface area contributed by atoms with E-state index in [2.05, 4.69) is 9.97 Å². The topological polar surface area (TPSA) is 43.9 Å². The minimum Gasteiger partial charge on any atom is -0.441 e. The Morgan fingerprint density at radius 1 is 1.15 bits per heavy atom. The molecule has 20 heavy (non-hydrogen) atoms. The molecule has 0 atom stereocenters. The van der Waals surface area contributed by atoms with Crippen LogP contribution in [0.4, 0.5) is 0 Å². The van der Waals surface area contributed by atoms with Crippen LogP contribution < -0.4 is 0 Å². The molecule has 4 aromatic rings. The van der Waals surface area contributed by atoms with Crippen LogP contribution in [-0.4, -0.2) is 14.5 Å². The first-order valence-corrected chi connectivity index (χ1v) is 7.22. The Labute approximate surface area is 123 Å². The maximum absolute atomic E-state index is 5.87. The Morgan fingerprint density at radius 3 is 2.85 bits per heavy atom. The Hall–Kier alpha value is -2.11. The van der Waals surface area contributed by atoms with E-state index in [1.807, 2.05) is 40.3 Å². The molecule has 4 heterocycles. The first-order valence-electron chi connectivity index (χ1n) is 5.96. The molecule has 0 radical (unpaired) electrons. The van der Waals surface area contributed by atoms with E-state index in [4.69, 9.17) is 16.0 Å². The van der Waals surface area contributed by atoms with Gasteiger partial charge in [-0.2, -0.15) is 0 Å². The molecule has 0 amide bonds. The molecule has 0 aliphatic heterocycles. The number of hydrogen-bond acceptors (Lipinski definition) is 4. The summed E-state index contributed by atoms with van der Waals surface area (Å²) in [6, 6.07) is 11.3. The first-order chi connectivity index (χ1) is 9.83. The van der Waals surface area contributed by atoms with Gasteiger partial charge < -0.3 is 4.42 Å². The Balaban J connectivity index is 2.07. The van der Waals surface area contributed by atoms with Gasteiger partial charge in [0, 0.05) is 6.20 Å². The molecule has 0 aliphatic rings. The predicted octanol–water partition coefficient (Wildman–Crippen LogP) is 4.40. The summed E-state index contributed by atoms with van der Waals surface area (Å²) in [4.78, 5) is 9.03. The van der Waals surface area contributed by atoms with Crippen LogP contribution in [0, 0.1) is 0 Å². The van der Waals surface area contributed by atoms with Crippen molar-refractivity contribution < 1.29 is 4.42 Å². The molecule has 6 heteroatoms. The van der Waals surface area contributed by atoms with Crippen molar-refractivity contribution in [3.63, 3.8) is 0 Å². The molecule has 4 nitrogen and oxygen atoms in total. The Morgan fingerprint density at radius 2 is 2.10 bits per heavy atom.